The summed E-state index contributed by atoms with van der Waals surface area (Å²) in [6.45, 7) is 6.27. The van der Waals surface area contributed by atoms with E-state index in [-0.39, 0.29) is 0 Å². The van der Waals surface area contributed by atoms with Crippen LogP contribution in [0.15, 0.2) is 30.3 Å². The lowest BCUT2D eigenvalue weighted by atomic mass is 9.77. The van der Waals surface area contributed by atoms with E-state index in [2.05, 4.69) is 49.5 Å². The highest BCUT2D eigenvalue weighted by molar-refractivity contribution is 5.19. The van der Waals surface area contributed by atoms with Gasteiger partial charge in [0.15, 0.2) is 0 Å². The Kier molecular flexibility index (Phi) is 5.87. The minimum absolute atomic E-state index is 0.508. The van der Waals surface area contributed by atoms with Crippen molar-refractivity contribution >= 4 is 0 Å². The Hall–Kier alpha value is -0.860. The van der Waals surface area contributed by atoms with Crippen LogP contribution < -0.4 is 5.32 Å². The highest BCUT2D eigenvalue weighted by Crippen LogP contribution is 2.36. The molecule has 1 unspecified atom stereocenters. The minimum Gasteiger partial charge on any atom is -0.378 e. The van der Waals surface area contributed by atoms with E-state index in [1.807, 2.05) is 0 Å². The van der Waals surface area contributed by atoms with E-state index in [1.165, 1.54) is 31.2 Å². The standard InChI is InChI=1S/C17H27NO/c1-3-10-18-17(15-8-6-5-7-9-15)13-14-11-16(12-14)19-4-2/h5-9,14,16-18H,3-4,10-13H2,1-2H3. The summed E-state index contributed by atoms with van der Waals surface area (Å²) in [6, 6.07) is 11.4. The fourth-order valence-corrected chi connectivity index (χ4v) is 2.91. The molecular formula is C17H27NO. The van der Waals surface area contributed by atoms with E-state index in [0.29, 0.717) is 12.1 Å². The maximum Gasteiger partial charge on any atom is 0.0580 e. The number of ether oxygens (including phenoxy) is 1. The molecule has 106 valence electrons. The van der Waals surface area contributed by atoms with Crippen LogP contribution in [0.4, 0.5) is 0 Å². The van der Waals surface area contributed by atoms with Gasteiger partial charge in [0.25, 0.3) is 0 Å². The third-order valence-electron chi connectivity index (χ3n) is 4.01. The Labute approximate surface area is 117 Å². The second kappa shape index (κ2) is 7.66. The number of nitrogens with one attached hydrogen (secondary N) is 1. The van der Waals surface area contributed by atoms with Crippen LogP contribution in [-0.2, 0) is 4.74 Å². The van der Waals surface area contributed by atoms with Crippen molar-refractivity contribution in [3.8, 4) is 0 Å². The van der Waals surface area contributed by atoms with Crippen LogP contribution in [-0.4, -0.2) is 19.3 Å². The Morgan fingerprint density at radius 2 is 1.95 bits per heavy atom. The molecule has 0 aromatic heterocycles. The van der Waals surface area contributed by atoms with Gasteiger partial charge in [-0.1, -0.05) is 37.3 Å². The van der Waals surface area contributed by atoms with Crippen LogP contribution in [0.5, 0.6) is 0 Å². The first kappa shape index (κ1) is 14.5. The second-order valence-electron chi connectivity index (χ2n) is 5.57. The first-order valence-electron chi connectivity index (χ1n) is 7.73. The summed E-state index contributed by atoms with van der Waals surface area (Å²) in [5, 5.41) is 3.69. The molecule has 1 aromatic carbocycles. The SMILES string of the molecule is CCCNC(CC1CC(OCC)C1)c1ccccc1. The van der Waals surface area contributed by atoms with E-state index in [1.54, 1.807) is 0 Å². The molecule has 1 aliphatic rings. The van der Waals surface area contributed by atoms with Gasteiger partial charge in [-0.05, 0) is 50.6 Å². The molecule has 1 N–H and O–H groups in total. The molecule has 2 nitrogen and oxygen atoms in total. The fraction of sp³-hybridized carbons (Fsp3) is 0.647. The number of hydrogen-bond donors (Lipinski definition) is 1. The maximum absolute atomic E-state index is 5.66. The predicted octanol–water partition coefficient (Wildman–Crippen LogP) is 3.93. The monoisotopic (exact) mass is 261 g/mol. The van der Waals surface area contributed by atoms with Gasteiger partial charge >= 0.3 is 0 Å². The molecule has 19 heavy (non-hydrogen) atoms. The molecular weight excluding hydrogens is 234 g/mol. The first-order chi connectivity index (χ1) is 9.33. The highest BCUT2D eigenvalue weighted by Gasteiger charge is 2.31. The topological polar surface area (TPSA) is 21.3 Å². The van der Waals surface area contributed by atoms with Crippen LogP contribution in [0.1, 0.15) is 51.1 Å². The molecule has 2 rings (SSSR count). The van der Waals surface area contributed by atoms with Gasteiger partial charge in [-0.15, -0.1) is 0 Å². The number of benzene rings is 1. The summed E-state index contributed by atoms with van der Waals surface area (Å²) in [4.78, 5) is 0. The molecule has 1 saturated carbocycles. The molecule has 0 heterocycles. The third-order valence-corrected chi connectivity index (χ3v) is 4.01. The summed E-state index contributed by atoms with van der Waals surface area (Å²) in [7, 11) is 0. The molecule has 0 radical (unpaired) electrons. The van der Waals surface area contributed by atoms with E-state index >= 15 is 0 Å². The van der Waals surface area contributed by atoms with Gasteiger partial charge in [0.05, 0.1) is 6.10 Å². The van der Waals surface area contributed by atoms with Gasteiger partial charge in [-0.25, -0.2) is 0 Å². The van der Waals surface area contributed by atoms with Crippen LogP contribution in [0.3, 0.4) is 0 Å². The van der Waals surface area contributed by atoms with Gasteiger partial charge in [-0.2, -0.15) is 0 Å². The lowest BCUT2D eigenvalue weighted by molar-refractivity contribution is -0.0291. The molecule has 0 saturated heterocycles. The first-order valence-corrected chi connectivity index (χ1v) is 7.73. The van der Waals surface area contributed by atoms with Crippen molar-refractivity contribution in [3.63, 3.8) is 0 Å². The molecule has 1 fully saturated rings. The van der Waals surface area contributed by atoms with E-state index < -0.39 is 0 Å². The largest absolute Gasteiger partial charge is 0.378 e. The minimum atomic E-state index is 0.508. The Balaban J connectivity index is 1.85. The van der Waals surface area contributed by atoms with Crippen molar-refractivity contribution in [2.75, 3.05) is 13.2 Å². The van der Waals surface area contributed by atoms with Crippen LogP contribution in [0.25, 0.3) is 0 Å². The van der Waals surface area contributed by atoms with Gasteiger partial charge in [0.1, 0.15) is 0 Å². The zero-order chi connectivity index (χ0) is 13.5. The van der Waals surface area contributed by atoms with Crippen LogP contribution in [0, 0.1) is 5.92 Å². The predicted molar refractivity (Wildman–Crippen MR) is 80.2 cm³/mol. The average Bonchev–Trinajstić information content (AvgIpc) is 2.41. The van der Waals surface area contributed by atoms with Crippen molar-refractivity contribution in [2.24, 2.45) is 5.92 Å². The zero-order valence-corrected chi connectivity index (χ0v) is 12.3. The third kappa shape index (κ3) is 4.32. The molecule has 0 spiro atoms. The second-order valence-corrected chi connectivity index (χ2v) is 5.57. The molecule has 2 heteroatoms. The summed E-state index contributed by atoms with van der Waals surface area (Å²) >= 11 is 0. The molecule has 1 aliphatic carbocycles. The van der Waals surface area contributed by atoms with E-state index in [9.17, 15) is 0 Å². The Morgan fingerprint density at radius 3 is 2.58 bits per heavy atom. The molecule has 0 aliphatic heterocycles. The zero-order valence-electron chi connectivity index (χ0n) is 12.3. The maximum atomic E-state index is 5.66. The average molecular weight is 261 g/mol. The van der Waals surface area contributed by atoms with Gasteiger partial charge in [0.2, 0.25) is 0 Å². The molecule has 0 amide bonds. The van der Waals surface area contributed by atoms with Gasteiger partial charge in [0, 0.05) is 12.6 Å². The van der Waals surface area contributed by atoms with Crippen molar-refractivity contribution in [1.82, 2.24) is 5.32 Å². The fourth-order valence-electron chi connectivity index (χ4n) is 2.91. The quantitative estimate of drug-likeness (QED) is 0.765. The van der Waals surface area contributed by atoms with Gasteiger partial charge in [-0.3, -0.25) is 0 Å². The van der Waals surface area contributed by atoms with Crippen molar-refractivity contribution in [1.29, 1.82) is 0 Å². The summed E-state index contributed by atoms with van der Waals surface area (Å²) in [6.07, 6.45) is 5.44. The number of hydrogen-bond acceptors (Lipinski definition) is 2. The Morgan fingerprint density at radius 1 is 1.21 bits per heavy atom. The lowest BCUT2D eigenvalue weighted by Gasteiger charge is -2.37. The van der Waals surface area contributed by atoms with Crippen LogP contribution in [0.2, 0.25) is 0 Å². The molecule has 1 aromatic rings. The van der Waals surface area contributed by atoms with E-state index in [4.69, 9.17) is 4.74 Å². The summed E-state index contributed by atoms with van der Waals surface area (Å²) in [5.74, 6) is 0.825. The van der Waals surface area contributed by atoms with Crippen molar-refractivity contribution in [3.05, 3.63) is 35.9 Å². The summed E-state index contributed by atoms with van der Waals surface area (Å²) in [5.41, 5.74) is 1.43. The smallest absolute Gasteiger partial charge is 0.0580 e. The van der Waals surface area contributed by atoms with E-state index in [0.717, 1.165) is 19.1 Å². The highest BCUT2D eigenvalue weighted by atomic mass is 16.5. The Bertz CT molecular complexity index is 346. The van der Waals surface area contributed by atoms with Gasteiger partial charge < -0.3 is 10.1 Å². The van der Waals surface area contributed by atoms with Crippen molar-refractivity contribution < 1.29 is 4.74 Å². The lowest BCUT2D eigenvalue weighted by Crippen LogP contribution is -2.35. The molecule has 1 atom stereocenters. The summed E-state index contributed by atoms with van der Waals surface area (Å²) < 4.78 is 5.66. The number of rotatable bonds is 8. The van der Waals surface area contributed by atoms with Crippen molar-refractivity contribution in [2.45, 2.75) is 51.7 Å². The molecule has 0 bridgehead atoms. The normalized spacial score (nSPS) is 23.9. The van der Waals surface area contributed by atoms with Crippen LogP contribution >= 0.6 is 0 Å².